The first-order chi connectivity index (χ1) is 7.31. The number of nitrogen functional groups attached to an aromatic ring is 1. The highest BCUT2D eigenvalue weighted by atomic mass is 15.3. The molecule has 0 radical (unpaired) electrons. The summed E-state index contributed by atoms with van der Waals surface area (Å²) in [5.74, 6) is 3.07. The molecule has 2 heterocycles. The molecule has 0 aromatic carbocycles. The number of hydrogen-bond donors (Lipinski definition) is 1. The fourth-order valence-corrected chi connectivity index (χ4v) is 1.31. The Hall–Kier alpha value is -2.28. The van der Waals surface area contributed by atoms with Gasteiger partial charge in [0.1, 0.15) is 12.4 Å². The Labute approximate surface area is 87.7 Å². The Balaban J connectivity index is 2.40. The van der Waals surface area contributed by atoms with Crippen molar-refractivity contribution in [2.45, 2.75) is 6.54 Å². The number of terminal acetylenes is 1. The molecule has 0 atom stereocenters. The van der Waals surface area contributed by atoms with Crippen molar-refractivity contribution in [2.24, 2.45) is 0 Å². The minimum atomic E-state index is 0.386. The summed E-state index contributed by atoms with van der Waals surface area (Å²) < 4.78 is 1.59. The molecule has 2 aromatic rings. The van der Waals surface area contributed by atoms with Crippen molar-refractivity contribution in [1.29, 1.82) is 0 Å². The first-order valence-electron chi connectivity index (χ1n) is 4.48. The molecule has 4 nitrogen and oxygen atoms in total. The van der Waals surface area contributed by atoms with E-state index in [1.54, 1.807) is 23.1 Å². The summed E-state index contributed by atoms with van der Waals surface area (Å²) in [4.78, 5) is 3.94. The van der Waals surface area contributed by atoms with Crippen LogP contribution >= 0.6 is 0 Å². The zero-order valence-corrected chi connectivity index (χ0v) is 8.09. The van der Waals surface area contributed by atoms with Gasteiger partial charge in [-0.3, -0.25) is 4.98 Å². The smallest absolute Gasteiger partial charge is 0.123 e. The Morgan fingerprint density at radius 2 is 2.13 bits per heavy atom. The van der Waals surface area contributed by atoms with E-state index in [-0.39, 0.29) is 0 Å². The molecule has 0 bridgehead atoms. The van der Waals surface area contributed by atoms with Crippen LogP contribution in [0.2, 0.25) is 0 Å². The topological polar surface area (TPSA) is 56.7 Å². The zero-order valence-electron chi connectivity index (χ0n) is 8.09. The van der Waals surface area contributed by atoms with Crippen LogP contribution in [-0.2, 0) is 6.54 Å². The number of hydrogen-bond acceptors (Lipinski definition) is 3. The zero-order chi connectivity index (χ0) is 10.7. The number of aromatic nitrogens is 3. The Kier molecular flexibility index (Phi) is 2.38. The average molecular weight is 198 g/mol. The van der Waals surface area contributed by atoms with Gasteiger partial charge >= 0.3 is 0 Å². The first-order valence-corrected chi connectivity index (χ1v) is 4.48. The molecule has 2 N–H and O–H groups in total. The fourth-order valence-electron chi connectivity index (χ4n) is 1.31. The van der Waals surface area contributed by atoms with Crippen LogP contribution < -0.4 is 5.73 Å². The van der Waals surface area contributed by atoms with Gasteiger partial charge in [-0.2, -0.15) is 5.10 Å². The summed E-state index contributed by atoms with van der Waals surface area (Å²) in [7, 11) is 0. The highest BCUT2D eigenvalue weighted by Gasteiger charge is 2.05. The lowest BCUT2D eigenvalue weighted by molar-refractivity contribution is 0.729. The number of nitrogens with two attached hydrogens (primary N) is 1. The van der Waals surface area contributed by atoms with Crippen LogP contribution in [0.5, 0.6) is 0 Å². The molecule has 0 aliphatic carbocycles. The lowest BCUT2D eigenvalue weighted by Crippen LogP contribution is -2.02. The monoisotopic (exact) mass is 198 g/mol. The minimum absolute atomic E-state index is 0.386. The third-order valence-corrected chi connectivity index (χ3v) is 2.03. The van der Waals surface area contributed by atoms with Gasteiger partial charge in [-0.1, -0.05) is 5.92 Å². The molecular weight excluding hydrogens is 188 g/mol. The van der Waals surface area contributed by atoms with E-state index in [0.717, 1.165) is 11.3 Å². The minimum Gasteiger partial charge on any atom is -0.384 e. The molecule has 0 saturated carbocycles. The largest absolute Gasteiger partial charge is 0.384 e. The Bertz CT molecular complexity index is 493. The summed E-state index contributed by atoms with van der Waals surface area (Å²) in [6.45, 7) is 0.386. The standard InChI is InChI=1S/C11H10N4/c1-2-7-15-11(12)8-10(14-15)9-3-5-13-6-4-9/h1,3-6,8H,7,12H2. The van der Waals surface area contributed by atoms with Crippen molar-refractivity contribution in [3.05, 3.63) is 30.6 Å². The third kappa shape index (κ3) is 1.81. The van der Waals surface area contributed by atoms with Gasteiger partial charge in [0.05, 0.1) is 5.69 Å². The second-order valence-electron chi connectivity index (χ2n) is 3.05. The molecule has 0 aliphatic heterocycles. The molecule has 0 unspecified atom stereocenters. The maximum Gasteiger partial charge on any atom is 0.123 e. The molecule has 0 saturated heterocycles. The van der Waals surface area contributed by atoms with Crippen LogP contribution in [0.15, 0.2) is 30.6 Å². The fraction of sp³-hybridized carbons (Fsp3) is 0.0909. The Morgan fingerprint density at radius 1 is 1.40 bits per heavy atom. The van der Waals surface area contributed by atoms with Gasteiger partial charge < -0.3 is 5.73 Å². The van der Waals surface area contributed by atoms with E-state index < -0.39 is 0 Å². The maximum atomic E-state index is 5.75. The van der Waals surface area contributed by atoms with E-state index in [1.165, 1.54) is 0 Å². The van der Waals surface area contributed by atoms with E-state index >= 15 is 0 Å². The van der Waals surface area contributed by atoms with Crippen molar-refractivity contribution in [3.8, 4) is 23.6 Å². The summed E-state index contributed by atoms with van der Waals surface area (Å²) in [5, 5.41) is 4.29. The van der Waals surface area contributed by atoms with Crippen LogP contribution in [0.4, 0.5) is 5.82 Å². The maximum absolute atomic E-state index is 5.75. The molecule has 0 spiro atoms. The van der Waals surface area contributed by atoms with Crippen LogP contribution in [0.3, 0.4) is 0 Å². The predicted octanol–water partition coefficient (Wildman–Crippen LogP) is 1.16. The predicted molar refractivity (Wildman–Crippen MR) is 58.7 cm³/mol. The van der Waals surface area contributed by atoms with Gasteiger partial charge in [0, 0.05) is 24.0 Å². The Morgan fingerprint density at radius 3 is 2.80 bits per heavy atom. The van der Waals surface area contributed by atoms with Crippen LogP contribution in [0, 0.1) is 12.3 Å². The normalized spacial score (nSPS) is 9.80. The van der Waals surface area contributed by atoms with Crippen LogP contribution in [-0.4, -0.2) is 14.8 Å². The summed E-state index contributed by atoms with van der Waals surface area (Å²) in [5.41, 5.74) is 7.54. The number of anilines is 1. The number of nitrogens with zero attached hydrogens (tertiary/aromatic N) is 3. The highest BCUT2D eigenvalue weighted by molar-refractivity contribution is 5.61. The summed E-state index contributed by atoms with van der Waals surface area (Å²) >= 11 is 0. The highest BCUT2D eigenvalue weighted by Crippen LogP contribution is 2.18. The first kappa shape index (κ1) is 9.28. The second kappa shape index (κ2) is 3.84. The van der Waals surface area contributed by atoms with Gasteiger partial charge in [-0.25, -0.2) is 4.68 Å². The van der Waals surface area contributed by atoms with Gasteiger partial charge in [0.25, 0.3) is 0 Å². The lowest BCUT2D eigenvalue weighted by atomic mass is 10.2. The number of rotatable bonds is 2. The molecular formula is C11H10N4. The number of pyridine rings is 1. The van der Waals surface area contributed by atoms with E-state index in [2.05, 4.69) is 16.0 Å². The van der Waals surface area contributed by atoms with E-state index in [1.807, 2.05) is 12.1 Å². The van der Waals surface area contributed by atoms with E-state index in [0.29, 0.717) is 12.4 Å². The molecule has 0 aliphatic rings. The van der Waals surface area contributed by atoms with Crippen molar-refractivity contribution < 1.29 is 0 Å². The lowest BCUT2D eigenvalue weighted by Gasteiger charge is -1.96. The molecule has 2 aromatic heterocycles. The molecule has 0 amide bonds. The molecule has 4 heteroatoms. The molecule has 2 rings (SSSR count). The van der Waals surface area contributed by atoms with Gasteiger partial charge in [-0.15, -0.1) is 6.42 Å². The SMILES string of the molecule is C#CCn1nc(-c2ccncc2)cc1N. The second-order valence-corrected chi connectivity index (χ2v) is 3.05. The van der Waals surface area contributed by atoms with Crippen LogP contribution in [0.25, 0.3) is 11.3 Å². The summed E-state index contributed by atoms with van der Waals surface area (Å²) in [6, 6.07) is 5.55. The third-order valence-electron chi connectivity index (χ3n) is 2.03. The van der Waals surface area contributed by atoms with Crippen molar-refractivity contribution in [1.82, 2.24) is 14.8 Å². The van der Waals surface area contributed by atoms with Crippen molar-refractivity contribution >= 4 is 5.82 Å². The average Bonchev–Trinajstić information content (AvgIpc) is 2.63. The molecule has 15 heavy (non-hydrogen) atoms. The summed E-state index contributed by atoms with van der Waals surface area (Å²) in [6.07, 6.45) is 8.63. The van der Waals surface area contributed by atoms with E-state index in [9.17, 15) is 0 Å². The van der Waals surface area contributed by atoms with Gasteiger partial charge in [0.2, 0.25) is 0 Å². The van der Waals surface area contributed by atoms with Crippen LogP contribution in [0.1, 0.15) is 0 Å². The van der Waals surface area contributed by atoms with Crippen molar-refractivity contribution in [2.75, 3.05) is 5.73 Å². The molecule has 74 valence electrons. The quantitative estimate of drug-likeness (QED) is 0.737. The van der Waals surface area contributed by atoms with E-state index in [4.69, 9.17) is 12.2 Å². The van der Waals surface area contributed by atoms with Gasteiger partial charge in [-0.05, 0) is 12.1 Å². The van der Waals surface area contributed by atoms with Gasteiger partial charge in [0.15, 0.2) is 0 Å². The van der Waals surface area contributed by atoms with Crippen molar-refractivity contribution in [3.63, 3.8) is 0 Å². The molecule has 0 fully saturated rings.